The number of imidazole rings is 1. The SMILES string of the molecule is Cc1cnc(-c2ccc(F)nc2)c(OCC2CC(CNC(=O)c3ccc4nccn4c3)=NO2)c1. The van der Waals surface area contributed by atoms with E-state index < -0.39 is 5.95 Å². The molecule has 4 aromatic rings. The highest BCUT2D eigenvalue weighted by Crippen LogP contribution is 2.29. The maximum atomic E-state index is 13.2. The summed E-state index contributed by atoms with van der Waals surface area (Å²) in [7, 11) is 0. The van der Waals surface area contributed by atoms with E-state index in [1.165, 1.54) is 12.3 Å². The number of nitrogens with zero attached hydrogens (tertiary/aromatic N) is 5. The first-order chi connectivity index (χ1) is 16.5. The lowest BCUT2D eigenvalue weighted by Gasteiger charge is -2.14. The van der Waals surface area contributed by atoms with E-state index in [2.05, 4.69) is 25.4 Å². The second kappa shape index (κ2) is 9.26. The van der Waals surface area contributed by atoms with Crippen molar-refractivity contribution in [3.8, 4) is 17.0 Å². The molecular weight excluding hydrogens is 439 g/mol. The zero-order valence-corrected chi connectivity index (χ0v) is 18.3. The molecular formula is C24H21FN6O3. The van der Waals surface area contributed by atoms with Crippen molar-refractivity contribution in [2.45, 2.75) is 19.4 Å². The second-order valence-electron chi connectivity index (χ2n) is 7.92. The number of carbonyl (C=O) groups is 1. The second-order valence-corrected chi connectivity index (χ2v) is 7.92. The number of halogens is 1. The third-order valence-electron chi connectivity index (χ3n) is 5.31. The first kappa shape index (κ1) is 21.5. The minimum absolute atomic E-state index is 0.207. The molecule has 0 spiro atoms. The van der Waals surface area contributed by atoms with Crippen molar-refractivity contribution in [1.82, 2.24) is 24.7 Å². The van der Waals surface area contributed by atoms with Crippen LogP contribution in [0.25, 0.3) is 16.9 Å². The van der Waals surface area contributed by atoms with Crippen molar-refractivity contribution in [3.05, 3.63) is 78.4 Å². The van der Waals surface area contributed by atoms with Crippen LogP contribution in [0.5, 0.6) is 5.75 Å². The third kappa shape index (κ3) is 4.70. The Morgan fingerprint density at radius 1 is 1.24 bits per heavy atom. The van der Waals surface area contributed by atoms with Crippen LogP contribution in [0.4, 0.5) is 4.39 Å². The number of oxime groups is 1. The molecule has 5 rings (SSSR count). The number of carbonyl (C=O) groups excluding carboxylic acids is 1. The number of aryl methyl sites for hydroxylation is 1. The third-order valence-corrected chi connectivity index (χ3v) is 5.31. The summed E-state index contributed by atoms with van der Waals surface area (Å²) in [5, 5.41) is 6.95. The summed E-state index contributed by atoms with van der Waals surface area (Å²) < 4.78 is 21.0. The fourth-order valence-corrected chi connectivity index (χ4v) is 3.59. The molecule has 0 aromatic carbocycles. The van der Waals surface area contributed by atoms with E-state index in [-0.39, 0.29) is 25.2 Å². The van der Waals surface area contributed by atoms with Crippen molar-refractivity contribution < 1.29 is 18.8 Å². The lowest BCUT2D eigenvalue weighted by molar-refractivity contribution is 0.0471. The Balaban J connectivity index is 1.16. The van der Waals surface area contributed by atoms with Crippen LogP contribution in [-0.2, 0) is 4.84 Å². The van der Waals surface area contributed by atoms with Crippen LogP contribution in [0.1, 0.15) is 22.3 Å². The van der Waals surface area contributed by atoms with Crippen molar-refractivity contribution in [2.24, 2.45) is 5.16 Å². The lowest BCUT2D eigenvalue weighted by atomic mass is 10.1. The quantitative estimate of drug-likeness (QED) is 0.425. The Morgan fingerprint density at radius 3 is 3.00 bits per heavy atom. The van der Waals surface area contributed by atoms with Gasteiger partial charge >= 0.3 is 0 Å². The first-order valence-corrected chi connectivity index (χ1v) is 10.7. The van der Waals surface area contributed by atoms with Gasteiger partial charge in [-0.25, -0.2) is 9.97 Å². The summed E-state index contributed by atoms with van der Waals surface area (Å²) in [5.41, 5.74) is 4.16. The van der Waals surface area contributed by atoms with Crippen molar-refractivity contribution in [1.29, 1.82) is 0 Å². The highest BCUT2D eigenvalue weighted by Gasteiger charge is 2.23. The van der Waals surface area contributed by atoms with E-state index in [1.807, 2.05) is 13.0 Å². The molecule has 1 N–H and O–H groups in total. The number of amides is 1. The number of fused-ring (bicyclic) bond motifs is 1. The molecule has 9 nitrogen and oxygen atoms in total. The molecule has 1 unspecified atom stereocenters. The molecule has 0 fully saturated rings. The minimum atomic E-state index is -0.559. The number of nitrogens with one attached hydrogen (secondary N) is 1. The normalized spacial score (nSPS) is 15.1. The van der Waals surface area contributed by atoms with E-state index in [0.717, 1.165) is 16.9 Å². The van der Waals surface area contributed by atoms with Gasteiger partial charge in [-0.15, -0.1) is 0 Å². The maximum absolute atomic E-state index is 13.2. The van der Waals surface area contributed by atoms with E-state index in [1.54, 1.807) is 47.4 Å². The zero-order valence-electron chi connectivity index (χ0n) is 18.3. The Hall–Kier alpha value is -4.34. The number of pyridine rings is 3. The highest BCUT2D eigenvalue weighted by atomic mass is 19.1. The first-order valence-electron chi connectivity index (χ1n) is 10.7. The molecule has 1 atom stereocenters. The van der Waals surface area contributed by atoms with Crippen LogP contribution in [-0.4, -0.2) is 50.2 Å². The highest BCUT2D eigenvalue weighted by molar-refractivity contribution is 5.98. The molecule has 1 aliphatic heterocycles. The average Bonchev–Trinajstić information content (AvgIpc) is 3.51. The average molecular weight is 460 g/mol. The van der Waals surface area contributed by atoms with Crippen molar-refractivity contribution >= 4 is 17.3 Å². The van der Waals surface area contributed by atoms with Gasteiger partial charge in [-0.3, -0.25) is 9.78 Å². The van der Waals surface area contributed by atoms with E-state index in [0.29, 0.717) is 29.0 Å². The Kier molecular flexibility index (Phi) is 5.86. The van der Waals surface area contributed by atoms with Gasteiger partial charge in [-0.1, -0.05) is 5.16 Å². The Morgan fingerprint density at radius 2 is 2.15 bits per heavy atom. The number of rotatable bonds is 7. The van der Waals surface area contributed by atoms with E-state index >= 15 is 0 Å². The fourth-order valence-electron chi connectivity index (χ4n) is 3.59. The number of hydrogen-bond acceptors (Lipinski definition) is 7. The fraction of sp³-hybridized carbons (Fsp3) is 0.208. The molecule has 0 aliphatic carbocycles. The van der Waals surface area contributed by atoms with Crippen LogP contribution in [0.2, 0.25) is 0 Å². The largest absolute Gasteiger partial charge is 0.487 e. The number of ether oxygens (including phenoxy) is 1. The van der Waals surface area contributed by atoms with E-state index in [9.17, 15) is 9.18 Å². The molecule has 1 amide bonds. The van der Waals surface area contributed by atoms with Gasteiger partial charge in [-0.05, 0) is 42.8 Å². The number of aromatic nitrogens is 4. The molecule has 5 heterocycles. The molecule has 0 saturated heterocycles. The smallest absolute Gasteiger partial charge is 0.253 e. The summed E-state index contributed by atoms with van der Waals surface area (Å²) in [6.45, 7) is 2.42. The topological polar surface area (TPSA) is 103 Å². The summed E-state index contributed by atoms with van der Waals surface area (Å²) >= 11 is 0. The van der Waals surface area contributed by atoms with Crippen LogP contribution in [0, 0.1) is 12.9 Å². The van der Waals surface area contributed by atoms with Gasteiger partial charge in [0.05, 0.1) is 17.8 Å². The lowest BCUT2D eigenvalue weighted by Crippen LogP contribution is -2.30. The standard InChI is InChI=1S/C24H21FN6O3/c1-15-8-20(23(28-10-15)16-2-4-21(25)27-11-16)33-14-19-9-18(30-34-19)12-29-24(32)17-3-5-22-26-6-7-31(22)13-17/h2-8,10-11,13,19H,9,12,14H2,1H3,(H,29,32). The van der Waals surface area contributed by atoms with Crippen molar-refractivity contribution in [3.63, 3.8) is 0 Å². The monoisotopic (exact) mass is 460 g/mol. The van der Waals surface area contributed by atoms with Gasteiger partial charge < -0.3 is 19.3 Å². The summed E-state index contributed by atoms with van der Waals surface area (Å²) in [5.74, 6) is -0.216. The molecule has 34 heavy (non-hydrogen) atoms. The van der Waals surface area contributed by atoms with Crippen molar-refractivity contribution in [2.75, 3.05) is 13.2 Å². The minimum Gasteiger partial charge on any atom is -0.487 e. The van der Waals surface area contributed by atoms with Gasteiger partial charge in [0.15, 0.2) is 6.10 Å². The zero-order chi connectivity index (χ0) is 23.5. The van der Waals surface area contributed by atoms with Gasteiger partial charge in [-0.2, -0.15) is 4.39 Å². The Labute approximate surface area is 194 Å². The van der Waals surface area contributed by atoms with Gasteiger partial charge in [0, 0.05) is 43.0 Å². The van der Waals surface area contributed by atoms with E-state index in [4.69, 9.17) is 9.57 Å². The van der Waals surface area contributed by atoms with Crippen LogP contribution in [0.15, 0.2) is 66.5 Å². The molecule has 10 heteroatoms. The van der Waals surface area contributed by atoms with Crippen LogP contribution < -0.4 is 10.1 Å². The van der Waals surface area contributed by atoms with Gasteiger partial charge in [0.25, 0.3) is 5.91 Å². The maximum Gasteiger partial charge on any atom is 0.253 e. The predicted octanol–water partition coefficient (Wildman–Crippen LogP) is 3.19. The van der Waals surface area contributed by atoms with Crippen LogP contribution >= 0.6 is 0 Å². The Bertz CT molecular complexity index is 1370. The summed E-state index contributed by atoms with van der Waals surface area (Å²) in [6.07, 6.45) is 8.54. The summed E-state index contributed by atoms with van der Waals surface area (Å²) in [6, 6.07) is 8.26. The molecule has 0 saturated carbocycles. The molecule has 0 bridgehead atoms. The van der Waals surface area contributed by atoms with Crippen LogP contribution in [0.3, 0.4) is 0 Å². The summed E-state index contributed by atoms with van der Waals surface area (Å²) in [4.78, 5) is 30.2. The predicted molar refractivity (Wildman–Crippen MR) is 122 cm³/mol. The molecule has 4 aromatic heterocycles. The molecule has 0 radical (unpaired) electrons. The van der Waals surface area contributed by atoms with Gasteiger partial charge in [0.2, 0.25) is 5.95 Å². The molecule has 1 aliphatic rings. The number of hydrogen-bond donors (Lipinski definition) is 1. The molecule has 172 valence electrons. The van der Waals surface area contributed by atoms with Gasteiger partial charge in [0.1, 0.15) is 23.7 Å².